The highest BCUT2D eigenvalue weighted by Crippen LogP contribution is 2.66. The zero-order valence-electron chi connectivity index (χ0n) is 15.4. The highest BCUT2D eigenvalue weighted by atomic mass is 16.3. The molecule has 0 spiro atoms. The van der Waals surface area contributed by atoms with Crippen molar-refractivity contribution >= 4 is 5.78 Å². The molecule has 0 aromatic heterocycles. The van der Waals surface area contributed by atoms with Crippen LogP contribution in [0.2, 0.25) is 0 Å². The average molecular weight is 342 g/mol. The van der Waals surface area contributed by atoms with Gasteiger partial charge in [-0.15, -0.1) is 0 Å². The van der Waals surface area contributed by atoms with E-state index in [1.165, 1.54) is 24.8 Å². The molecule has 136 valence electrons. The molecule has 1 aliphatic heterocycles. The van der Waals surface area contributed by atoms with Crippen molar-refractivity contribution in [3.63, 3.8) is 0 Å². The van der Waals surface area contributed by atoms with E-state index in [1.807, 2.05) is 0 Å². The maximum Gasteiger partial charge on any atom is 0.238 e. The number of hydrogen-bond donors (Lipinski definition) is 1. The van der Waals surface area contributed by atoms with Gasteiger partial charge in [-0.2, -0.15) is 10.2 Å². The van der Waals surface area contributed by atoms with Gasteiger partial charge in [-0.05, 0) is 80.0 Å². The molecule has 1 heterocycles. The van der Waals surface area contributed by atoms with Crippen LogP contribution >= 0.6 is 0 Å². The molecular weight excluding hydrogens is 312 g/mol. The molecule has 5 aliphatic rings. The Bertz CT molecular complexity index is 665. The number of carbonyl (C=O) groups is 1. The first kappa shape index (κ1) is 16.2. The van der Waals surface area contributed by atoms with Crippen molar-refractivity contribution < 1.29 is 9.90 Å². The predicted octanol–water partition coefficient (Wildman–Crippen LogP) is 4.29. The molecule has 0 aromatic carbocycles. The van der Waals surface area contributed by atoms with E-state index >= 15 is 0 Å². The van der Waals surface area contributed by atoms with Crippen molar-refractivity contribution in [2.45, 2.75) is 77.5 Å². The fraction of sp³-hybridized carbons (Fsp3) is 0.857. The van der Waals surface area contributed by atoms with Crippen molar-refractivity contribution in [2.75, 3.05) is 0 Å². The molecule has 5 rings (SSSR count). The quantitative estimate of drug-likeness (QED) is 0.761. The van der Waals surface area contributed by atoms with Gasteiger partial charge in [0.2, 0.25) is 6.17 Å². The number of rotatable bonds is 2. The summed E-state index contributed by atoms with van der Waals surface area (Å²) in [6.45, 7) is 4.85. The van der Waals surface area contributed by atoms with Crippen LogP contribution in [0.25, 0.3) is 0 Å². The maximum atomic E-state index is 12.7. The second-order valence-electron chi connectivity index (χ2n) is 9.84. The van der Waals surface area contributed by atoms with Gasteiger partial charge >= 0.3 is 0 Å². The number of aliphatic hydroxyl groups is 1. The monoisotopic (exact) mass is 342 g/mol. The van der Waals surface area contributed by atoms with Crippen LogP contribution in [0.4, 0.5) is 0 Å². The Balaban J connectivity index is 1.44. The van der Waals surface area contributed by atoms with Crippen LogP contribution in [0.1, 0.15) is 65.2 Å². The first-order valence-electron chi connectivity index (χ1n) is 10.2. The van der Waals surface area contributed by atoms with E-state index in [0.717, 1.165) is 38.0 Å². The van der Waals surface area contributed by atoms with Gasteiger partial charge < -0.3 is 5.11 Å². The predicted molar refractivity (Wildman–Crippen MR) is 94.9 cm³/mol. The summed E-state index contributed by atoms with van der Waals surface area (Å²) < 4.78 is 0. The van der Waals surface area contributed by atoms with Crippen LogP contribution in [0.3, 0.4) is 0 Å². The number of carbonyl (C=O) groups excluding carboxylic acids is 1. The summed E-state index contributed by atoms with van der Waals surface area (Å²) in [6.07, 6.45) is 10.8. The lowest BCUT2D eigenvalue weighted by Gasteiger charge is -2.57. The van der Waals surface area contributed by atoms with Gasteiger partial charge in [-0.3, -0.25) is 4.79 Å². The smallest absolute Gasteiger partial charge is 0.238 e. The number of hydrogen-bond acceptors (Lipinski definition) is 4. The lowest BCUT2D eigenvalue weighted by atomic mass is 9.47. The van der Waals surface area contributed by atoms with Crippen LogP contribution in [-0.2, 0) is 4.79 Å². The largest absolute Gasteiger partial charge is 0.393 e. The molecule has 25 heavy (non-hydrogen) atoms. The lowest BCUT2D eigenvalue weighted by molar-refractivity contribution is -0.129. The standard InChI is InChI=1S/C21H30N2O2/c1-20-9-7-13(24)11-12(20)3-4-14-15-5-6-17(18(25)19-22-23-19)21(15,2)10-8-16(14)20/h3,13-17,19,24H,4-11H2,1-2H3/t13-,14+,15+,16+,17-,20+,21+/m1/s1. The number of aliphatic hydroxyl groups excluding tert-OH is 1. The molecular formula is C21H30N2O2. The minimum absolute atomic E-state index is 0.135. The summed E-state index contributed by atoms with van der Waals surface area (Å²) in [5.41, 5.74) is 1.96. The molecule has 3 fully saturated rings. The Morgan fingerprint density at radius 1 is 1.12 bits per heavy atom. The third-order valence-electron chi connectivity index (χ3n) is 8.91. The SMILES string of the molecule is C[C@]12CC[C@H]3[C@@H](CC=C4C[C@H](O)CC[C@@]43C)[C@@H]1CC[C@@H]2C(=O)C1N=N1. The first-order chi connectivity index (χ1) is 11.9. The van der Waals surface area contributed by atoms with Crippen molar-refractivity contribution in [3.05, 3.63) is 11.6 Å². The average Bonchev–Trinajstić information content (AvgIpc) is 3.37. The topological polar surface area (TPSA) is 62.0 Å². The summed E-state index contributed by atoms with van der Waals surface area (Å²) in [4.78, 5) is 12.7. The fourth-order valence-corrected chi connectivity index (χ4v) is 7.44. The van der Waals surface area contributed by atoms with Crippen molar-refractivity contribution in [1.82, 2.24) is 0 Å². The first-order valence-corrected chi connectivity index (χ1v) is 10.2. The molecule has 1 N–H and O–H groups in total. The number of allylic oxidation sites excluding steroid dienone is 1. The molecule has 3 saturated carbocycles. The third kappa shape index (κ3) is 2.19. The van der Waals surface area contributed by atoms with E-state index in [0.29, 0.717) is 17.6 Å². The van der Waals surface area contributed by atoms with Crippen molar-refractivity contribution in [2.24, 2.45) is 44.7 Å². The zero-order chi connectivity index (χ0) is 17.4. The molecule has 0 bridgehead atoms. The Labute approximate surface area is 150 Å². The highest BCUT2D eigenvalue weighted by Gasteiger charge is 2.60. The molecule has 0 unspecified atom stereocenters. The number of ketones is 1. The fourth-order valence-electron chi connectivity index (χ4n) is 7.44. The Hall–Kier alpha value is -1.03. The van der Waals surface area contributed by atoms with Gasteiger partial charge in [-0.25, -0.2) is 0 Å². The normalized spacial score (nSPS) is 51.3. The Morgan fingerprint density at radius 2 is 1.92 bits per heavy atom. The van der Waals surface area contributed by atoms with Gasteiger partial charge in [0.05, 0.1) is 6.10 Å². The minimum atomic E-state index is -0.325. The van der Waals surface area contributed by atoms with E-state index < -0.39 is 0 Å². The second-order valence-corrected chi connectivity index (χ2v) is 9.84. The molecule has 0 amide bonds. The third-order valence-corrected chi connectivity index (χ3v) is 8.91. The molecule has 4 aliphatic carbocycles. The lowest BCUT2D eigenvalue weighted by Crippen LogP contribution is -2.51. The van der Waals surface area contributed by atoms with Gasteiger partial charge in [0.15, 0.2) is 5.78 Å². The number of Topliss-reactive ketones (excluding diaryl/α,β-unsaturated/α-hetero) is 1. The molecule has 4 heteroatoms. The van der Waals surface area contributed by atoms with Gasteiger partial charge in [0.1, 0.15) is 0 Å². The van der Waals surface area contributed by atoms with Gasteiger partial charge in [-0.1, -0.05) is 25.5 Å². The second kappa shape index (κ2) is 5.25. The number of fused-ring (bicyclic) bond motifs is 5. The number of nitrogens with zero attached hydrogens (tertiary/aromatic N) is 2. The van der Waals surface area contributed by atoms with Crippen molar-refractivity contribution in [1.29, 1.82) is 0 Å². The summed E-state index contributed by atoms with van der Waals surface area (Å²) in [5.74, 6) is 2.59. The van der Waals surface area contributed by atoms with E-state index in [1.54, 1.807) is 0 Å². The molecule has 0 aromatic rings. The summed E-state index contributed by atoms with van der Waals surface area (Å²) in [5, 5.41) is 17.9. The maximum absolute atomic E-state index is 12.7. The van der Waals surface area contributed by atoms with E-state index in [2.05, 4.69) is 30.2 Å². The van der Waals surface area contributed by atoms with Crippen LogP contribution in [0, 0.1) is 34.5 Å². The molecule has 4 nitrogen and oxygen atoms in total. The van der Waals surface area contributed by atoms with E-state index in [4.69, 9.17) is 0 Å². The van der Waals surface area contributed by atoms with Crippen LogP contribution in [-0.4, -0.2) is 23.2 Å². The van der Waals surface area contributed by atoms with Crippen LogP contribution in [0.15, 0.2) is 21.9 Å². The summed E-state index contributed by atoms with van der Waals surface area (Å²) in [7, 11) is 0. The zero-order valence-corrected chi connectivity index (χ0v) is 15.4. The van der Waals surface area contributed by atoms with Crippen LogP contribution < -0.4 is 0 Å². The van der Waals surface area contributed by atoms with Crippen molar-refractivity contribution in [3.8, 4) is 0 Å². The Kier molecular flexibility index (Phi) is 3.39. The van der Waals surface area contributed by atoms with Crippen LogP contribution in [0.5, 0.6) is 0 Å². The van der Waals surface area contributed by atoms with E-state index in [-0.39, 0.29) is 29.0 Å². The Morgan fingerprint density at radius 3 is 2.68 bits per heavy atom. The highest BCUT2D eigenvalue weighted by molar-refractivity contribution is 5.88. The van der Waals surface area contributed by atoms with Gasteiger partial charge in [0, 0.05) is 5.92 Å². The molecule has 7 atom stereocenters. The summed E-state index contributed by atoms with van der Waals surface area (Å²) in [6, 6.07) is 0. The molecule has 0 radical (unpaired) electrons. The molecule has 0 saturated heterocycles. The van der Waals surface area contributed by atoms with E-state index in [9.17, 15) is 9.90 Å². The van der Waals surface area contributed by atoms with Gasteiger partial charge in [0.25, 0.3) is 0 Å². The minimum Gasteiger partial charge on any atom is -0.393 e. The summed E-state index contributed by atoms with van der Waals surface area (Å²) >= 11 is 0.